The minimum absolute atomic E-state index is 0.115. The Hall–Kier alpha value is -4.45. The van der Waals surface area contributed by atoms with E-state index in [9.17, 15) is 14.7 Å². The first-order valence-electron chi connectivity index (χ1n) is 9.94. The lowest BCUT2D eigenvalue weighted by molar-refractivity contribution is 0.0734. The van der Waals surface area contributed by atoms with Gasteiger partial charge in [-0.15, -0.1) is 0 Å². The van der Waals surface area contributed by atoms with E-state index < -0.39 is 11.9 Å². The molecule has 4 rings (SSSR count). The van der Waals surface area contributed by atoms with Crippen molar-refractivity contribution in [2.24, 2.45) is 5.10 Å². The van der Waals surface area contributed by atoms with E-state index in [1.54, 1.807) is 54.6 Å². The topological polar surface area (TPSA) is 88.0 Å². The summed E-state index contributed by atoms with van der Waals surface area (Å²) >= 11 is 0. The molecule has 0 radical (unpaired) electrons. The molecule has 32 heavy (non-hydrogen) atoms. The van der Waals surface area contributed by atoms with Gasteiger partial charge in [-0.1, -0.05) is 42.0 Å². The van der Waals surface area contributed by atoms with Gasteiger partial charge < -0.3 is 9.84 Å². The molecule has 0 saturated heterocycles. The molecule has 0 unspecified atom stereocenters. The van der Waals surface area contributed by atoms with E-state index in [0.717, 1.165) is 16.3 Å². The van der Waals surface area contributed by atoms with Crippen LogP contribution in [-0.2, 0) is 0 Å². The second-order valence-electron chi connectivity index (χ2n) is 7.24. The lowest BCUT2D eigenvalue weighted by atomic mass is 10.1. The zero-order valence-electron chi connectivity index (χ0n) is 17.3. The average Bonchev–Trinajstić information content (AvgIpc) is 2.79. The fourth-order valence-electron chi connectivity index (χ4n) is 3.20. The van der Waals surface area contributed by atoms with Gasteiger partial charge in [0.2, 0.25) is 0 Å². The molecular formula is C26H20N2O4. The van der Waals surface area contributed by atoms with Gasteiger partial charge in [-0.25, -0.2) is 10.2 Å². The molecule has 6 heteroatoms. The number of nitrogens with zero attached hydrogens (tertiary/aromatic N) is 1. The molecule has 0 saturated carbocycles. The molecule has 2 N–H and O–H groups in total. The summed E-state index contributed by atoms with van der Waals surface area (Å²) in [5.74, 6) is -0.666. The lowest BCUT2D eigenvalue weighted by Gasteiger charge is -2.06. The van der Waals surface area contributed by atoms with Crippen LogP contribution < -0.4 is 10.2 Å². The average molecular weight is 424 g/mol. The molecule has 4 aromatic carbocycles. The second kappa shape index (κ2) is 9.14. The highest BCUT2D eigenvalue weighted by atomic mass is 16.5. The minimum Gasteiger partial charge on any atom is -0.507 e. The number of amides is 1. The summed E-state index contributed by atoms with van der Waals surface area (Å²) in [5.41, 5.74) is 4.71. The summed E-state index contributed by atoms with van der Waals surface area (Å²) in [7, 11) is 0. The number of carbonyl (C=O) groups excluding carboxylic acids is 2. The van der Waals surface area contributed by atoms with E-state index in [-0.39, 0.29) is 11.3 Å². The van der Waals surface area contributed by atoms with E-state index in [1.807, 2.05) is 37.3 Å². The number of nitrogens with one attached hydrogen (secondary N) is 1. The maximum atomic E-state index is 12.4. The van der Waals surface area contributed by atoms with Crippen molar-refractivity contribution in [3.63, 3.8) is 0 Å². The van der Waals surface area contributed by atoms with Gasteiger partial charge in [0.1, 0.15) is 11.5 Å². The summed E-state index contributed by atoms with van der Waals surface area (Å²) in [5, 5.41) is 15.8. The monoisotopic (exact) mass is 424 g/mol. The molecule has 0 aliphatic heterocycles. The van der Waals surface area contributed by atoms with Gasteiger partial charge in [0, 0.05) is 0 Å². The third-order valence-corrected chi connectivity index (χ3v) is 4.83. The Morgan fingerprint density at radius 3 is 2.34 bits per heavy atom. The maximum absolute atomic E-state index is 12.4. The van der Waals surface area contributed by atoms with Gasteiger partial charge in [0.15, 0.2) is 0 Å². The Balaban J connectivity index is 1.38. The highest BCUT2D eigenvalue weighted by Crippen LogP contribution is 2.24. The van der Waals surface area contributed by atoms with Crippen molar-refractivity contribution in [3.05, 3.63) is 107 Å². The standard InChI is InChI=1S/C26H20N2O4/c1-17-5-4-8-21(13-17)26(31)32-22-11-9-18(10-12-22)16-27-28-25(30)23-14-19-6-2-3-7-20(19)15-24(23)29/h2-16,29H,1H3,(H,28,30). The molecule has 1 amide bonds. The first-order valence-corrected chi connectivity index (χ1v) is 9.94. The molecule has 4 aromatic rings. The van der Waals surface area contributed by atoms with E-state index in [4.69, 9.17) is 4.74 Å². The van der Waals surface area contributed by atoms with Crippen LogP contribution in [0.15, 0.2) is 90.0 Å². The lowest BCUT2D eigenvalue weighted by Crippen LogP contribution is -2.17. The molecule has 0 spiro atoms. The van der Waals surface area contributed by atoms with Crippen LogP contribution in [0.4, 0.5) is 0 Å². The number of hydrazone groups is 1. The van der Waals surface area contributed by atoms with Crippen molar-refractivity contribution in [1.82, 2.24) is 5.43 Å². The van der Waals surface area contributed by atoms with Gasteiger partial charge in [-0.3, -0.25) is 4.79 Å². The van der Waals surface area contributed by atoms with E-state index in [0.29, 0.717) is 16.9 Å². The summed E-state index contributed by atoms with van der Waals surface area (Å²) in [6.45, 7) is 1.91. The van der Waals surface area contributed by atoms with Crippen molar-refractivity contribution in [1.29, 1.82) is 0 Å². The number of phenols is 1. The van der Waals surface area contributed by atoms with Crippen LogP contribution in [0.25, 0.3) is 10.8 Å². The zero-order chi connectivity index (χ0) is 22.5. The van der Waals surface area contributed by atoms with Crippen molar-refractivity contribution < 1.29 is 19.4 Å². The van der Waals surface area contributed by atoms with Gasteiger partial charge in [-0.05, 0) is 71.8 Å². The molecule has 0 aliphatic carbocycles. The third kappa shape index (κ3) is 4.82. The molecule has 0 bridgehead atoms. The number of benzene rings is 4. The van der Waals surface area contributed by atoms with Crippen LogP contribution in [0.1, 0.15) is 31.8 Å². The molecule has 6 nitrogen and oxygen atoms in total. The smallest absolute Gasteiger partial charge is 0.343 e. The number of aryl methyl sites for hydroxylation is 1. The number of carbonyl (C=O) groups is 2. The van der Waals surface area contributed by atoms with Gasteiger partial charge in [-0.2, -0.15) is 5.10 Å². The van der Waals surface area contributed by atoms with E-state index in [2.05, 4.69) is 10.5 Å². The van der Waals surface area contributed by atoms with Crippen LogP contribution in [0, 0.1) is 6.92 Å². The molecule has 158 valence electrons. The quantitative estimate of drug-likeness (QED) is 0.208. The third-order valence-electron chi connectivity index (χ3n) is 4.83. The minimum atomic E-state index is -0.520. The Kier molecular flexibility index (Phi) is 5.94. The summed E-state index contributed by atoms with van der Waals surface area (Å²) < 4.78 is 5.38. The van der Waals surface area contributed by atoms with Crippen LogP contribution in [0.2, 0.25) is 0 Å². The maximum Gasteiger partial charge on any atom is 0.343 e. The fraction of sp³-hybridized carbons (Fsp3) is 0.0385. The summed E-state index contributed by atoms with van der Waals surface area (Å²) in [6, 6.07) is 24.5. The SMILES string of the molecule is Cc1cccc(C(=O)Oc2ccc(C=NNC(=O)c3cc4ccccc4cc3O)cc2)c1. The molecule has 0 aliphatic rings. The van der Waals surface area contributed by atoms with Crippen molar-refractivity contribution in [3.8, 4) is 11.5 Å². The number of esters is 1. The van der Waals surface area contributed by atoms with Gasteiger partial charge in [0.05, 0.1) is 17.3 Å². The van der Waals surface area contributed by atoms with Crippen LogP contribution in [0.3, 0.4) is 0 Å². The fourth-order valence-corrected chi connectivity index (χ4v) is 3.20. The molecule has 0 heterocycles. The number of ether oxygens (including phenoxy) is 1. The Labute approximate surface area is 184 Å². The Morgan fingerprint density at radius 2 is 1.62 bits per heavy atom. The molecule has 0 fully saturated rings. The predicted molar refractivity (Wildman–Crippen MR) is 123 cm³/mol. The molecule has 0 aromatic heterocycles. The normalized spacial score (nSPS) is 10.9. The van der Waals surface area contributed by atoms with E-state index in [1.165, 1.54) is 6.21 Å². The number of hydrogen-bond donors (Lipinski definition) is 2. The Morgan fingerprint density at radius 1 is 0.906 bits per heavy atom. The number of phenolic OH excluding ortho intramolecular Hbond substituents is 1. The van der Waals surface area contributed by atoms with Crippen LogP contribution >= 0.6 is 0 Å². The molecule has 0 atom stereocenters. The van der Waals surface area contributed by atoms with Crippen LogP contribution in [0.5, 0.6) is 11.5 Å². The highest BCUT2D eigenvalue weighted by Gasteiger charge is 2.12. The Bertz CT molecular complexity index is 1330. The van der Waals surface area contributed by atoms with Crippen molar-refractivity contribution in [2.45, 2.75) is 6.92 Å². The first-order chi connectivity index (χ1) is 15.5. The first kappa shape index (κ1) is 20.8. The number of hydrogen-bond acceptors (Lipinski definition) is 5. The van der Waals surface area contributed by atoms with Gasteiger partial charge >= 0.3 is 5.97 Å². The van der Waals surface area contributed by atoms with E-state index >= 15 is 0 Å². The van der Waals surface area contributed by atoms with Crippen molar-refractivity contribution in [2.75, 3.05) is 0 Å². The summed E-state index contributed by atoms with van der Waals surface area (Å²) in [6.07, 6.45) is 1.46. The number of aromatic hydroxyl groups is 1. The summed E-state index contributed by atoms with van der Waals surface area (Å²) in [4.78, 5) is 24.6. The second-order valence-corrected chi connectivity index (χ2v) is 7.24. The van der Waals surface area contributed by atoms with Gasteiger partial charge in [0.25, 0.3) is 5.91 Å². The van der Waals surface area contributed by atoms with Crippen molar-refractivity contribution >= 4 is 28.9 Å². The zero-order valence-corrected chi connectivity index (χ0v) is 17.3. The molecular weight excluding hydrogens is 404 g/mol. The largest absolute Gasteiger partial charge is 0.507 e. The number of rotatable bonds is 5. The highest BCUT2D eigenvalue weighted by molar-refractivity contribution is 6.01. The predicted octanol–water partition coefficient (Wildman–Crippen LogP) is 4.84. The number of fused-ring (bicyclic) bond motifs is 1. The van der Waals surface area contributed by atoms with Crippen LogP contribution in [-0.4, -0.2) is 23.2 Å².